The van der Waals surface area contributed by atoms with Gasteiger partial charge in [-0.15, -0.1) is 0 Å². The van der Waals surface area contributed by atoms with Gasteiger partial charge in [-0.2, -0.15) is 5.10 Å². The molecule has 0 saturated carbocycles. The Morgan fingerprint density at radius 3 is 2.71 bits per heavy atom. The van der Waals surface area contributed by atoms with Gasteiger partial charge in [0.2, 0.25) is 5.82 Å². The molecule has 0 aromatic carbocycles. The number of nitrogens with one attached hydrogen (secondary N) is 1. The molecule has 2 N–H and O–H groups in total. The van der Waals surface area contributed by atoms with Crippen LogP contribution in [0.5, 0.6) is 0 Å². The first-order valence-corrected chi connectivity index (χ1v) is 4.72. The third-order valence-electron chi connectivity index (χ3n) is 2.14. The SMILES string of the molecule is Cc1nn(C)c(NCC(O)C(F)F)c1[N+](=O)[O-]. The molecule has 0 fully saturated rings. The van der Waals surface area contributed by atoms with Crippen LogP contribution in [-0.2, 0) is 7.05 Å². The quantitative estimate of drug-likeness (QED) is 0.592. The molecule has 9 heteroatoms. The van der Waals surface area contributed by atoms with Crippen molar-refractivity contribution in [2.45, 2.75) is 19.5 Å². The topological polar surface area (TPSA) is 93.2 Å². The second-order valence-corrected chi connectivity index (χ2v) is 3.45. The summed E-state index contributed by atoms with van der Waals surface area (Å²) >= 11 is 0. The Hall–Kier alpha value is -1.77. The number of nitro groups is 1. The Labute approximate surface area is 95.2 Å². The maximum absolute atomic E-state index is 12.0. The highest BCUT2D eigenvalue weighted by Crippen LogP contribution is 2.27. The zero-order valence-corrected chi connectivity index (χ0v) is 9.22. The van der Waals surface area contributed by atoms with Crippen LogP contribution in [0.25, 0.3) is 0 Å². The number of aliphatic hydroxyl groups is 1. The van der Waals surface area contributed by atoms with Gasteiger partial charge < -0.3 is 10.4 Å². The molecule has 0 radical (unpaired) electrons. The number of hydrogen-bond donors (Lipinski definition) is 2. The maximum atomic E-state index is 12.0. The highest BCUT2D eigenvalue weighted by atomic mass is 19.3. The molecule has 0 aliphatic heterocycles. The summed E-state index contributed by atoms with van der Waals surface area (Å²) in [4.78, 5) is 10.1. The van der Waals surface area contributed by atoms with E-state index in [0.29, 0.717) is 0 Å². The van der Waals surface area contributed by atoms with E-state index in [0.717, 1.165) is 0 Å². The predicted octanol–water partition coefficient (Wildman–Crippen LogP) is 0.675. The lowest BCUT2D eigenvalue weighted by molar-refractivity contribution is -0.384. The molecule has 17 heavy (non-hydrogen) atoms. The van der Waals surface area contributed by atoms with E-state index in [9.17, 15) is 18.9 Å². The van der Waals surface area contributed by atoms with Gasteiger partial charge in [-0.1, -0.05) is 0 Å². The molecular weight excluding hydrogens is 238 g/mol. The van der Waals surface area contributed by atoms with Crippen molar-refractivity contribution in [3.05, 3.63) is 15.8 Å². The van der Waals surface area contributed by atoms with E-state index in [2.05, 4.69) is 10.4 Å². The Kier molecular flexibility index (Phi) is 3.94. The Morgan fingerprint density at radius 2 is 2.24 bits per heavy atom. The van der Waals surface area contributed by atoms with Crippen molar-refractivity contribution in [1.82, 2.24) is 9.78 Å². The van der Waals surface area contributed by atoms with Gasteiger partial charge in [0.15, 0.2) is 0 Å². The van der Waals surface area contributed by atoms with Crippen molar-refractivity contribution < 1.29 is 18.8 Å². The number of rotatable bonds is 5. The van der Waals surface area contributed by atoms with Crippen LogP contribution in [-0.4, -0.2) is 38.9 Å². The Balaban J connectivity index is 2.87. The standard InChI is InChI=1S/C8H12F2N4O3/c1-4-6(14(16)17)8(13(2)12-4)11-3-5(15)7(9)10/h5,7,11,15H,3H2,1-2H3. The largest absolute Gasteiger partial charge is 0.385 e. The van der Waals surface area contributed by atoms with Crippen LogP contribution >= 0.6 is 0 Å². The second-order valence-electron chi connectivity index (χ2n) is 3.45. The molecule has 1 unspecified atom stereocenters. The summed E-state index contributed by atoms with van der Waals surface area (Å²) < 4.78 is 25.3. The molecule has 0 spiro atoms. The highest BCUT2D eigenvalue weighted by Gasteiger charge is 2.25. The van der Waals surface area contributed by atoms with Gasteiger partial charge in [-0.3, -0.25) is 10.1 Å². The minimum Gasteiger partial charge on any atom is -0.385 e. The van der Waals surface area contributed by atoms with E-state index in [1.165, 1.54) is 18.7 Å². The average Bonchev–Trinajstić information content (AvgIpc) is 2.49. The van der Waals surface area contributed by atoms with Crippen molar-refractivity contribution in [3.63, 3.8) is 0 Å². The second kappa shape index (κ2) is 5.04. The van der Waals surface area contributed by atoms with E-state index >= 15 is 0 Å². The van der Waals surface area contributed by atoms with Crippen LogP contribution in [0.15, 0.2) is 0 Å². The van der Waals surface area contributed by atoms with Crippen molar-refractivity contribution in [2.75, 3.05) is 11.9 Å². The van der Waals surface area contributed by atoms with Crippen molar-refractivity contribution in [1.29, 1.82) is 0 Å². The molecule has 7 nitrogen and oxygen atoms in total. The molecule has 1 atom stereocenters. The van der Waals surface area contributed by atoms with Gasteiger partial charge in [0.25, 0.3) is 6.43 Å². The number of aromatic nitrogens is 2. The number of anilines is 1. The van der Waals surface area contributed by atoms with Crippen LogP contribution < -0.4 is 5.32 Å². The first-order chi connectivity index (χ1) is 7.84. The van der Waals surface area contributed by atoms with E-state index in [4.69, 9.17) is 5.11 Å². The van der Waals surface area contributed by atoms with Gasteiger partial charge in [-0.25, -0.2) is 13.5 Å². The molecule has 0 aliphatic rings. The smallest absolute Gasteiger partial charge is 0.333 e. The number of hydrogen-bond acceptors (Lipinski definition) is 5. The van der Waals surface area contributed by atoms with Gasteiger partial charge >= 0.3 is 5.69 Å². The Bertz CT molecular complexity index is 421. The summed E-state index contributed by atoms with van der Waals surface area (Å²) in [5.74, 6) is -0.00722. The summed E-state index contributed by atoms with van der Waals surface area (Å²) in [6, 6.07) is 0. The predicted molar refractivity (Wildman–Crippen MR) is 55.1 cm³/mol. The molecule has 96 valence electrons. The number of alkyl halides is 2. The van der Waals surface area contributed by atoms with E-state index in [1.54, 1.807) is 0 Å². The number of halogens is 2. The number of nitrogens with zero attached hydrogens (tertiary/aromatic N) is 3. The van der Waals surface area contributed by atoms with E-state index in [1.807, 2.05) is 0 Å². The molecule has 0 saturated heterocycles. The average molecular weight is 250 g/mol. The zero-order valence-electron chi connectivity index (χ0n) is 9.22. The molecule has 0 bridgehead atoms. The highest BCUT2D eigenvalue weighted by molar-refractivity contribution is 5.59. The summed E-state index contributed by atoms with van der Waals surface area (Å²) in [6.45, 7) is 0.949. The van der Waals surface area contributed by atoms with Gasteiger partial charge in [-0.05, 0) is 6.92 Å². The van der Waals surface area contributed by atoms with Crippen LogP contribution in [0.2, 0.25) is 0 Å². The monoisotopic (exact) mass is 250 g/mol. The van der Waals surface area contributed by atoms with E-state index < -0.39 is 24.0 Å². The van der Waals surface area contributed by atoms with Crippen molar-refractivity contribution in [3.8, 4) is 0 Å². The first-order valence-electron chi connectivity index (χ1n) is 4.72. The molecule has 0 amide bonds. The van der Waals surface area contributed by atoms with Crippen LogP contribution in [0.3, 0.4) is 0 Å². The lowest BCUT2D eigenvalue weighted by Crippen LogP contribution is -2.27. The fourth-order valence-corrected chi connectivity index (χ4v) is 1.35. The molecular formula is C8H12F2N4O3. The van der Waals surface area contributed by atoms with Crippen molar-refractivity contribution >= 4 is 11.5 Å². The summed E-state index contributed by atoms with van der Waals surface area (Å²) in [7, 11) is 1.44. The normalized spacial score (nSPS) is 12.8. The third kappa shape index (κ3) is 2.87. The van der Waals surface area contributed by atoms with Crippen LogP contribution in [0.4, 0.5) is 20.3 Å². The molecule has 1 aromatic heterocycles. The number of aliphatic hydroxyl groups excluding tert-OH is 1. The van der Waals surface area contributed by atoms with Gasteiger partial charge in [0, 0.05) is 13.6 Å². The lowest BCUT2D eigenvalue weighted by atomic mass is 10.3. The minimum absolute atomic E-state index is 0.00722. The molecule has 1 heterocycles. The number of aryl methyl sites for hydroxylation is 2. The van der Waals surface area contributed by atoms with Crippen LogP contribution in [0, 0.1) is 17.0 Å². The summed E-state index contributed by atoms with van der Waals surface area (Å²) in [5.41, 5.74) is -0.111. The third-order valence-corrected chi connectivity index (χ3v) is 2.14. The Morgan fingerprint density at radius 1 is 1.65 bits per heavy atom. The molecule has 1 rings (SSSR count). The summed E-state index contributed by atoms with van der Waals surface area (Å²) in [5, 5.41) is 25.8. The minimum atomic E-state index is -2.91. The maximum Gasteiger partial charge on any atom is 0.333 e. The van der Waals surface area contributed by atoms with Crippen molar-refractivity contribution in [2.24, 2.45) is 7.05 Å². The van der Waals surface area contributed by atoms with E-state index in [-0.39, 0.29) is 17.2 Å². The first kappa shape index (κ1) is 13.3. The fourth-order valence-electron chi connectivity index (χ4n) is 1.35. The fraction of sp³-hybridized carbons (Fsp3) is 0.625. The molecule has 0 aliphatic carbocycles. The molecule has 1 aromatic rings. The van der Waals surface area contributed by atoms with Crippen LogP contribution in [0.1, 0.15) is 5.69 Å². The zero-order chi connectivity index (χ0) is 13.2. The van der Waals surface area contributed by atoms with Gasteiger partial charge in [0.05, 0.1) is 4.92 Å². The van der Waals surface area contributed by atoms with Gasteiger partial charge in [0.1, 0.15) is 11.8 Å². The lowest BCUT2D eigenvalue weighted by Gasteiger charge is -2.11. The summed E-state index contributed by atoms with van der Waals surface area (Å²) in [6.07, 6.45) is -4.79.